The Morgan fingerprint density at radius 3 is 2.50 bits per heavy atom. The highest BCUT2D eigenvalue weighted by Gasteiger charge is 2.60. The number of ketones is 1. The van der Waals surface area contributed by atoms with E-state index in [-0.39, 0.29) is 0 Å². The Hall–Kier alpha value is -1.06. The van der Waals surface area contributed by atoms with E-state index in [2.05, 4.69) is 9.62 Å². The lowest BCUT2D eigenvalue weighted by Gasteiger charge is -2.13. The average molecular weight is 208 g/mol. The maximum absolute atomic E-state index is 11.1. The van der Waals surface area contributed by atoms with Crippen molar-refractivity contribution in [3.8, 4) is 0 Å². The molecule has 0 aromatic heterocycles. The summed E-state index contributed by atoms with van der Waals surface area (Å²) in [6, 6.07) is 0. The number of hydrogen-bond acceptors (Lipinski definition) is 8. The number of hydrogen-bond donors (Lipinski definition) is 4. The lowest BCUT2D eigenvalue weighted by atomic mass is 10.1. The fourth-order valence-corrected chi connectivity index (χ4v) is 0.973. The van der Waals surface area contributed by atoms with Crippen LogP contribution < -0.4 is 0 Å². The third-order valence-corrected chi connectivity index (χ3v) is 1.77. The van der Waals surface area contributed by atoms with Gasteiger partial charge in [-0.1, -0.05) is 0 Å². The fourth-order valence-electron chi connectivity index (χ4n) is 0.973. The van der Waals surface area contributed by atoms with Crippen molar-refractivity contribution in [2.45, 2.75) is 18.0 Å². The number of carbonyl (C=O) groups excluding carboxylic acids is 2. The summed E-state index contributed by atoms with van der Waals surface area (Å²) in [6.07, 6.45) is -3.42. The summed E-state index contributed by atoms with van der Waals surface area (Å²) in [5.74, 6) is -6.02. The van der Waals surface area contributed by atoms with Crippen molar-refractivity contribution in [1.82, 2.24) is 0 Å². The van der Waals surface area contributed by atoms with Gasteiger partial charge in [-0.25, -0.2) is 10.1 Å². The Kier molecular flexibility index (Phi) is 2.83. The molecule has 1 aliphatic heterocycles. The minimum Gasteiger partial charge on any atom is -0.447 e. The van der Waals surface area contributed by atoms with Crippen LogP contribution in [-0.2, 0) is 19.2 Å². The molecule has 1 aliphatic rings. The Morgan fingerprint density at radius 2 is 2.14 bits per heavy atom. The first-order chi connectivity index (χ1) is 6.47. The van der Waals surface area contributed by atoms with Gasteiger partial charge in [0.1, 0.15) is 6.10 Å². The van der Waals surface area contributed by atoms with E-state index < -0.39 is 36.4 Å². The van der Waals surface area contributed by atoms with Gasteiger partial charge in [0, 0.05) is 0 Å². The highest BCUT2D eigenvalue weighted by Crippen LogP contribution is 2.24. The summed E-state index contributed by atoms with van der Waals surface area (Å²) in [5, 5.41) is 34.6. The molecule has 8 heteroatoms. The molecule has 1 heterocycles. The van der Waals surface area contributed by atoms with Crippen molar-refractivity contribution >= 4 is 11.8 Å². The Bertz CT molecular complexity index is 263. The predicted molar refractivity (Wildman–Crippen MR) is 36.6 cm³/mol. The lowest BCUT2D eigenvalue weighted by Crippen LogP contribution is -2.46. The van der Waals surface area contributed by atoms with Gasteiger partial charge in [0.15, 0.2) is 6.10 Å². The van der Waals surface area contributed by atoms with Crippen LogP contribution in [0.15, 0.2) is 0 Å². The third-order valence-electron chi connectivity index (χ3n) is 1.77. The molecule has 0 amide bonds. The van der Waals surface area contributed by atoms with E-state index in [0.29, 0.717) is 0 Å². The van der Waals surface area contributed by atoms with Crippen molar-refractivity contribution in [2.24, 2.45) is 0 Å². The molecule has 1 unspecified atom stereocenters. The third kappa shape index (κ3) is 1.38. The quantitative estimate of drug-likeness (QED) is 0.127. The van der Waals surface area contributed by atoms with Crippen LogP contribution in [0, 0.1) is 0 Å². The van der Waals surface area contributed by atoms with Gasteiger partial charge in [0.05, 0.1) is 6.61 Å². The van der Waals surface area contributed by atoms with E-state index in [4.69, 9.17) is 20.6 Å². The predicted octanol–water partition coefficient (Wildman–Crippen LogP) is -2.99. The molecule has 14 heavy (non-hydrogen) atoms. The largest absolute Gasteiger partial charge is 0.447 e. The molecule has 80 valence electrons. The van der Waals surface area contributed by atoms with E-state index in [1.54, 1.807) is 0 Å². The number of aliphatic hydroxyl groups excluding tert-OH is 2. The number of cyclic esters (lactones) is 1. The second-order valence-electron chi connectivity index (χ2n) is 2.68. The Labute approximate surface area is 77.2 Å². The van der Waals surface area contributed by atoms with Crippen molar-refractivity contribution in [3.05, 3.63) is 0 Å². The average Bonchev–Trinajstić information content (AvgIpc) is 2.42. The number of Topliss-reactive ketones (excluding diaryl/α,β-unsaturated/α-hetero) is 1. The van der Waals surface area contributed by atoms with Crippen molar-refractivity contribution in [1.29, 1.82) is 0 Å². The standard InChI is InChI=1S/C6H8O8/c7-1-2(8)3-4(9)6(11,14-12)5(10)13-3/h2-3,7-8,11-12H,1H2/t2-,3+,6?/m0/s1. The first-order valence-corrected chi connectivity index (χ1v) is 3.56. The number of ether oxygens (including phenoxy) is 1. The molecule has 4 N–H and O–H groups in total. The number of carbonyl (C=O) groups is 2. The molecule has 0 aliphatic carbocycles. The van der Waals surface area contributed by atoms with Crippen LogP contribution in [0.5, 0.6) is 0 Å². The van der Waals surface area contributed by atoms with Crippen molar-refractivity contribution < 1.29 is 39.8 Å². The van der Waals surface area contributed by atoms with Crippen molar-refractivity contribution in [3.63, 3.8) is 0 Å². The molecule has 0 saturated carbocycles. The molecule has 1 rings (SSSR count). The molecule has 3 atom stereocenters. The maximum Gasteiger partial charge on any atom is 0.378 e. The van der Waals surface area contributed by atoms with Gasteiger partial charge < -0.3 is 20.1 Å². The lowest BCUT2D eigenvalue weighted by molar-refractivity contribution is -0.356. The van der Waals surface area contributed by atoms with Gasteiger partial charge in [0.2, 0.25) is 5.78 Å². The number of aliphatic hydroxyl groups is 3. The molecule has 8 nitrogen and oxygen atoms in total. The highest BCUT2D eigenvalue weighted by atomic mass is 17.1. The van der Waals surface area contributed by atoms with Crippen LogP contribution in [0.3, 0.4) is 0 Å². The van der Waals surface area contributed by atoms with Crippen LogP contribution in [0.4, 0.5) is 0 Å². The smallest absolute Gasteiger partial charge is 0.378 e. The van der Waals surface area contributed by atoms with Gasteiger partial charge in [0.25, 0.3) is 0 Å². The fraction of sp³-hybridized carbons (Fsp3) is 0.667. The van der Waals surface area contributed by atoms with E-state index in [1.807, 2.05) is 0 Å². The molecular weight excluding hydrogens is 200 g/mol. The monoisotopic (exact) mass is 208 g/mol. The zero-order valence-corrected chi connectivity index (χ0v) is 6.78. The van der Waals surface area contributed by atoms with Gasteiger partial charge >= 0.3 is 11.8 Å². The Morgan fingerprint density at radius 1 is 1.57 bits per heavy atom. The molecule has 1 saturated heterocycles. The van der Waals surface area contributed by atoms with Gasteiger partial charge in [-0.15, -0.1) is 0 Å². The van der Waals surface area contributed by atoms with Crippen LogP contribution in [0.1, 0.15) is 0 Å². The van der Waals surface area contributed by atoms with Gasteiger partial charge in [-0.3, -0.25) is 4.79 Å². The van der Waals surface area contributed by atoms with Gasteiger partial charge in [-0.05, 0) is 0 Å². The van der Waals surface area contributed by atoms with E-state index in [0.717, 1.165) is 0 Å². The first-order valence-electron chi connectivity index (χ1n) is 3.56. The summed E-state index contributed by atoms with van der Waals surface area (Å²) in [4.78, 5) is 25.2. The van der Waals surface area contributed by atoms with Gasteiger partial charge in [-0.2, -0.15) is 4.89 Å². The maximum atomic E-state index is 11.1. The van der Waals surface area contributed by atoms with E-state index >= 15 is 0 Å². The molecule has 0 aromatic carbocycles. The number of esters is 1. The zero-order valence-electron chi connectivity index (χ0n) is 6.78. The molecule has 0 radical (unpaired) electrons. The number of rotatable bonds is 3. The Balaban J connectivity index is 2.90. The van der Waals surface area contributed by atoms with Crippen LogP contribution >= 0.6 is 0 Å². The summed E-state index contributed by atoms with van der Waals surface area (Å²) in [6.45, 7) is -0.842. The van der Waals surface area contributed by atoms with E-state index in [1.165, 1.54) is 0 Å². The minimum absolute atomic E-state index is 0.842. The summed E-state index contributed by atoms with van der Waals surface area (Å²) >= 11 is 0. The van der Waals surface area contributed by atoms with Crippen molar-refractivity contribution in [2.75, 3.05) is 6.61 Å². The molecule has 1 fully saturated rings. The second kappa shape index (κ2) is 3.59. The molecule has 0 aromatic rings. The summed E-state index contributed by atoms with van der Waals surface area (Å²) < 4.78 is 4.20. The van der Waals surface area contributed by atoms with Crippen LogP contribution in [0.2, 0.25) is 0 Å². The minimum atomic E-state index is -3.11. The molecular formula is C6H8O8. The summed E-state index contributed by atoms with van der Waals surface area (Å²) in [5.41, 5.74) is 0. The first kappa shape index (κ1) is 11.0. The normalized spacial score (nSPS) is 34.4. The van der Waals surface area contributed by atoms with Crippen LogP contribution in [0.25, 0.3) is 0 Å². The SMILES string of the molecule is O=C1O[C@H]([C@@H](O)CO)C(=O)C1(O)OO. The topological polar surface area (TPSA) is 134 Å². The van der Waals surface area contributed by atoms with Crippen LogP contribution in [-0.4, -0.2) is 56.9 Å². The zero-order chi connectivity index (χ0) is 10.9. The second-order valence-corrected chi connectivity index (χ2v) is 2.68. The highest BCUT2D eigenvalue weighted by molar-refractivity contribution is 6.12. The van der Waals surface area contributed by atoms with E-state index in [9.17, 15) is 9.59 Å². The summed E-state index contributed by atoms with van der Waals surface area (Å²) in [7, 11) is 0. The molecule has 0 bridgehead atoms. The molecule has 0 spiro atoms.